The van der Waals surface area contributed by atoms with Crippen molar-refractivity contribution in [1.82, 2.24) is 70.9 Å². The summed E-state index contributed by atoms with van der Waals surface area (Å²) in [5.74, 6) is -0.272. The van der Waals surface area contributed by atoms with Gasteiger partial charge in [-0.05, 0) is 281 Å². The minimum absolute atomic E-state index is 0. The third kappa shape index (κ3) is 31.3. The van der Waals surface area contributed by atoms with Gasteiger partial charge in [0.05, 0.1) is 99.4 Å². The second kappa shape index (κ2) is 48.5. The van der Waals surface area contributed by atoms with E-state index in [1.807, 2.05) is 134 Å². The van der Waals surface area contributed by atoms with Crippen molar-refractivity contribution < 1.29 is 72.4 Å². The number of esters is 3. The fraction of sp³-hybridized carbons (Fsp3) is 0.446. The number of Topliss-reactive ketones (excluding diaryl/α,β-unsaturated/α-hetero) is 4. The van der Waals surface area contributed by atoms with Crippen LogP contribution in [-0.4, -0.2) is 188 Å². The Balaban J connectivity index is 0.000000198. The molecule has 5 fully saturated rings. The molecule has 1 unspecified atom stereocenters. The van der Waals surface area contributed by atoms with Crippen molar-refractivity contribution >= 4 is 159 Å². The lowest BCUT2D eigenvalue weighted by molar-refractivity contribution is -0.150. The van der Waals surface area contributed by atoms with Gasteiger partial charge in [-0.2, -0.15) is 0 Å². The van der Waals surface area contributed by atoms with Gasteiger partial charge in [-0.3, -0.25) is 38.4 Å². The number of carboxylic acids is 2. The number of anilines is 5. The zero-order valence-electron chi connectivity index (χ0n) is 87.9. The zero-order chi connectivity index (χ0) is 106. The molecule has 1 amide bonds. The zero-order valence-corrected chi connectivity index (χ0v) is 89.5. The number of methoxy groups -OCH3 is 3. The molecule has 0 aliphatic heterocycles. The number of halogens is 1. The van der Waals surface area contributed by atoms with E-state index in [0.717, 1.165) is 212 Å². The molecule has 15 N–H and O–H groups in total. The molecular formula is C112H145BrN20O15. The summed E-state index contributed by atoms with van der Waals surface area (Å²) in [7, 11) is 3.95. The summed E-state index contributed by atoms with van der Waals surface area (Å²) in [6, 6.07) is 33.8. The van der Waals surface area contributed by atoms with Crippen LogP contribution in [-0.2, 0) is 38.2 Å². The number of ketones is 4. The van der Waals surface area contributed by atoms with Crippen molar-refractivity contribution in [2.75, 3.05) is 53.2 Å². The first-order chi connectivity index (χ1) is 68.1. The number of fused-ring (bicyclic) bond motifs is 5. The lowest BCUT2D eigenvalue weighted by Crippen LogP contribution is -2.29. The van der Waals surface area contributed by atoms with Crippen LogP contribution in [0.2, 0.25) is 0 Å². The Labute approximate surface area is 873 Å². The number of nitrogens with one attached hydrogen (secondary N) is 8. The van der Waals surface area contributed by atoms with Crippen LogP contribution >= 0.6 is 15.9 Å². The highest BCUT2D eigenvalue weighted by molar-refractivity contribution is 9.09. The largest absolute Gasteiger partial charge is 0.481 e. The molecule has 8 aromatic heterocycles. The SMILES string of the molecule is C.C.CC(=O)O.COC(=O)C(CC(=O)c1cccc2nc(C)c(NC(C)(C)C)nc12)C(=O)C1CC1.COC(=O)CC(=O)C1CC1.COC(=O)c1cc(-c2cccc3nc(C)c(NC(C)(C)C)nc23)[nH]c1C1CC1.Cc1nc2cccc(-c3cc(C(=O)O)c(C4CC4)[nH]3)c2nc1NC(C)(C)C.Cc1nc2cccc(-c3cc(C(N)=O)c(C4CC4)[nH]3)c2nc1NC(C)(C)C.Cc1nc2cccc(C(=O)CBr)c2nc1NC(C)(C)C.N. The predicted molar refractivity (Wildman–Crippen MR) is 587 cm³/mol. The van der Waals surface area contributed by atoms with Gasteiger partial charge in [0.2, 0.25) is 0 Å². The maximum absolute atomic E-state index is 13.1. The van der Waals surface area contributed by atoms with E-state index in [1.165, 1.54) is 21.3 Å². The molecule has 8 heterocycles. The van der Waals surface area contributed by atoms with Crippen LogP contribution in [0.4, 0.5) is 29.1 Å². The maximum atomic E-state index is 13.1. The van der Waals surface area contributed by atoms with E-state index in [1.54, 1.807) is 30.3 Å². The fourth-order valence-corrected chi connectivity index (χ4v) is 16.4. The number of primary amides is 1. The molecule has 36 heteroatoms. The number of carboxylic acid groups (broad SMARTS) is 2. The topological polar surface area (TPSA) is 536 Å². The first-order valence-electron chi connectivity index (χ1n) is 48.7. The van der Waals surface area contributed by atoms with Crippen molar-refractivity contribution in [2.45, 2.75) is 283 Å². The number of benzene rings is 5. The van der Waals surface area contributed by atoms with Gasteiger partial charge >= 0.3 is 23.9 Å². The van der Waals surface area contributed by atoms with Crippen molar-refractivity contribution in [3.05, 3.63) is 183 Å². The first kappa shape index (κ1) is 117. The molecule has 0 radical (unpaired) electrons. The van der Waals surface area contributed by atoms with Gasteiger partial charge in [-0.15, -0.1) is 0 Å². The number of aromatic carboxylic acids is 1. The Bertz CT molecular complexity index is 6940. The smallest absolute Gasteiger partial charge is 0.339 e. The van der Waals surface area contributed by atoms with Gasteiger partial charge in [0.25, 0.3) is 11.9 Å². The Morgan fingerprint density at radius 3 is 0.973 bits per heavy atom. The summed E-state index contributed by atoms with van der Waals surface area (Å²) in [5.41, 5.74) is 26.7. The number of hydrogen-bond donors (Lipinski definition) is 12. The van der Waals surface area contributed by atoms with E-state index in [-0.39, 0.29) is 108 Å². The van der Waals surface area contributed by atoms with Gasteiger partial charge < -0.3 is 77.8 Å². The number of rotatable bonds is 25. The number of nitrogens with two attached hydrogens (primary N) is 1. The Morgan fingerprint density at radius 2 is 0.689 bits per heavy atom. The summed E-state index contributed by atoms with van der Waals surface area (Å²) in [6.45, 7) is 41.8. The molecule has 5 aliphatic rings. The van der Waals surface area contributed by atoms with Crippen LogP contribution in [0.15, 0.2) is 109 Å². The van der Waals surface area contributed by atoms with Crippen LogP contribution in [0.25, 0.3) is 88.9 Å². The van der Waals surface area contributed by atoms with E-state index >= 15 is 0 Å². The fourth-order valence-electron chi connectivity index (χ4n) is 16.1. The second-order valence-corrected chi connectivity index (χ2v) is 43.1. The van der Waals surface area contributed by atoms with E-state index in [4.69, 9.17) is 55.0 Å². The molecule has 0 bridgehead atoms. The van der Waals surface area contributed by atoms with Crippen molar-refractivity contribution in [2.24, 2.45) is 23.5 Å². The van der Waals surface area contributed by atoms with E-state index in [9.17, 15) is 48.3 Å². The second-order valence-electron chi connectivity index (χ2n) is 42.5. The standard InChI is InChI=1S/C22H26N4O2.C22H27N3O4.C21H25N5O.C21H24N4O2.C15H18BrN3O.C7H10O3.C2H4O2.2CH4.H3N/c1-12-20(26-22(2,3)4)25-19-14(7-6-8-16(19)23-12)17-11-15(21(27)28-5)18(24-17)13-9-10-13;1-12-20(25-22(2,3)4)24-18-14(7-6-8-16(18)23-12)17(26)11-15(21(28)29-5)19(27)13-9-10-13;1-11-20(26-21(2,3)4)25-18-13(6-5-7-15(18)23-11)16-10-14(19(22)27)17(24-16)12-8-9-12;1-11-19(25-21(2,3)4)24-18-13(6-5-7-15(18)22-11)16-10-14(20(26)27)17(23-16)12-8-9-12;1-9-14(19-15(2,3)4)18-13-10(12(20)8-16)6-5-7-11(13)17-9;1-10-7(9)4-6(8)5-2-3-5;1-2(3)4;;;/h6-8,11,13,24H,9-10H2,1-5H3,(H,25,26);6-8,13,15H,9-11H2,1-5H3,(H,24,25);5-7,10,12,24H,8-9H2,1-4H3,(H2,22,27)(H,25,26);5-7,10,12,23H,8-9H2,1-4H3,(H,24,25)(H,26,27);5-7H,8H2,1-4H3,(H,18,19);5H,2-4H2,1H3;1H3,(H,3,4);2*1H4;1H3. The summed E-state index contributed by atoms with van der Waals surface area (Å²) in [4.78, 5) is 173. The van der Waals surface area contributed by atoms with E-state index < -0.39 is 35.7 Å². The van der Waals surface area contributed by atoms with Crippen molar-refractivity contribution in [1.29, 1.82) is 0 Å². The number of ether oxygens (including phenoxy) is 3. The molecule has 5 saturated carbocycles. The number of carbonyl (C=O) groups excluding carboxylic acids is 8. The number of nitrogens with zero attached hydrogens (tertiary/aromatic N) is 10. The number of aliphatic carboxylic acids is 1. The van der Waals surface area contributed by atoms with E-state index in [0.29, 0.717) is 67.9 Å². The normalized spacial score (nSPS) is 13.8. The summed E-state index contributed by atoms with van der Waals surface area (Å²) < 4.78 is 14.1. The molecule has 0 spiro atoms. The van der Waals surface area contributed by atoms with Crippen molar-refractivity contribution in [3.63, 3.8) is 0 Å². The number of para-hydroxylation sites is 5. The number of hydrogen-bond acceptors (Lipinski definition) is 29. The number of amides is 1. The molecule has 13 aromatic rings. The van der Waals surface area contributed by atoms with Gasteiger partial charge in [-0.1, -0.05) is 79.3 Å². The minimum atomic E-state index is -1.07. The Morgan fingerprint density at radius 1 is 0.399 bits per heavy atom. The monoisotopic (exact) mass is 2090 g/mol. The van der Waals surface area contributed by atoms with Gasteiger partial charge in [0.1, 0.15) is 74.8 Å². The molecule has 1 atom stereocenters. The minimum Gasteiger partial charge on any atom is -0.481 e. The number of aryl methyl sites for hydroxylation is 5. The van der Waals surface area contributed by atoms with Crippen molar-refractivity contribution in [3.8, 4) is 33.8 Å². The molecule has 18 rings (SSSR count). The van der Waals surface area contributed by atoms with Crippen LogP contribution in [0.1, 0.15) is 318 Å². The average Bonchev–Trinajstić information content (AvgIpc) is 1.60. The molecular weight excluding hydrogens is 1950 g/mol. The van der Waals surface area contributed by atoms with Gasteiger partial charge in [-0.25, -0.2) is 59.4 Å². The van der Waals surface area contributed by atoms with Crippen LogP contribution < -0.4 is 38.5 Å². The predicted octanol–water partition coefficient (Wildman–Crippen LogP) is 22.9. The Hall–Kier alpha value is -14.4. The number of aromatic amines is 3. The molecule has 790 valence electrons. The maximum Gasteiger partial charge on any atom is 0.339 e. The van der Waals surface area contributed by atoms with Gasteiger partial charge in [0, 0.05) is 115 Å². The highest BCUT2D eigenvalue weighted by Crippen LogP contribution is 2.47. The number of carbonyl (C=O) groups is 10. The third-order valence-corrected chi connectivity index (χ3v) is 24.1. The summed E-state index contributed by atoms with van der Waals surface area (Å²) >= 11 is 3.21. The highest BCUT2D eigenvalue weighted by Gasteiger charge is 2.42. The number of aromatic nitrogens is 13. The Kier molecular flexibility index (Phi) is 38.4. The molecule has 5 aliphatic carbocycles. The number of alkyl halides is 1. The van der Waals surface area contributed by atoms with Crippen LogP contribution in [0.3, 0.4) is 0 Å². The molecule has 35 nitrogen and oxygen atoms in total. The molecule has 5 aromatic carbocycles. The first-order valence-corrected chi connectivity index (χ1v) is 49.9. The van der Waals surface area contributed by atoms with E-state index in [2.05, 4.69) is 165 Å². The third-order valence-electron chi connectivity index (χ3n) is 23.6. The summed E-state index contributed by atoms with van der Waals surface area (Å²) in [5, 5.41) is 34.2. The quantitative estimate of drug-likeness (QED) is 0.00831. The number of H-pyrrole nitrogens is 3. The average molecular weight is 2090 g/mol. The highest BCUT2D eigenvalue weighted by atomic mass is 79.9. The molecule has 0 saturated heterocycles. The van der Waals surface area contributed by atoms with Gasteiger partial charge in [0.15, 0.2) is 17.3 Å². The lowest BCUT2D eigenvalue weighted by Gasteiger charge is -2.22. The summed E-state index contributed by atoms with van der Waals surface area (Å²) in [6.07, 6.45) is 9.62. The lowest BCUT2D eigenvalue weighted by atomic mass is 9.92. The van der Waals surface area contributed by atoms with Crippen LogP contribution in [0.5, 0.6) is 0 Å². The van der Waals surface area contributed by atoms with Crippen LogP contribution in [0, 0.1) is 52.4 Å². The molecule has 148 heavy (non-hydrogen) atoms.